The summed E-state index contributed by atoms with van der Waals surface area (Å²) in [5, 5.41) is 19.5. The molecular formula is C32H24ClN3O3. The number of rotatable bonds is 5. The number of nitro groups is 1. The van der Waals surface area contributed by atoms with E-state index in [1.165, 1.54) is 5.01 Å². The van der Waals surface area contributed by atoms with Gasteiger partial charge < -0.3 is 0 Å². The fourth-order valence-corrected chi connectivity index (χ4v) is 5.86. The summed E-state index contributed by atoms with van der Waals surface area (Å²) in [7, 11) is 0. The van der Waals surface area contributed by atoms with Crippen LogP contribution in [0, 0.1) is 15.5 Å². The summed E-state index contributed by atoms with van der Waals surface area (Å²) < 4.78 is 0. The molecule has 1 spiro atoms. The van der Waals surface area contributed by atoms with Crippen LogP contribution in [0.25, 0.3) is 5.57 Å². The number of benzene rings is 4. The molecule has 0 unspecified atom stereocenters. The standard InChI is InChI=1S/C32H24ClN3O3/c33-25-18-16-23(17-19-25)28-20-27(22-10-4-1-5-11-22)29(36(38)39)21-32(28)30(24-12-6-2-7-13-24)34-35(31(32)37)26-14-8-3-9-15-26/h1-20,27,29H,21H2/t27-,29+,32-/m1/s1. The van der Waals surface area contributed by atoms with Crippen molar-refractivity contribution in [3.63, 3.8) is 0 Å². The molecule has 1 heterocycles. The summed E-state index contributed by atoms with van der Waals surface area (Å²) in [6.45, 7) is 0. The quantitative estimate of drug-likeness (QED) is 0.205. The van der Waals surface area contributed by atoms with Crippen molar-refractivity contribution in [1.29, 1.82) is 0 Å². The minimum atomic E-state index is -1.38. The van der Waals surface area contributed by atoms with Crippen LogP contribution in [-0.2, 0) is 4.79 Å². The van der Waals surface area contributed by atoms with Crippen LogP contribution in [0.3, 0.4) is 0 Å². The molecule has 6 nitrogen and oxygen atoms in total. The third-order valence-corrected chi connectivity index (χ3v) is 7.81. The molecule has 4 aromatic rings. The topological polar surface area (TPSA) is 75.8 Å². The molecule has 2 aliphatic rings. The molecule has 1 amide bonds. The van der Waals surface area contributed by atoms with Crippen molar-refractivity contribution in [1.82, 2.24) is 0 Å². The molecule has 1 aliphatic carbocycles. The van der Waals surface area contributed by atoms with Gasteiger partial charge in [-0.05, 0) is 46.5 Å². The van der Waals surface area contributed by atoms with E-state index in [9.17, 15) is 14.9 Å². The van der Waals surface area contributed by atoms with Gasteiger partial charge in [0.25, 0.3) is 5.91 Å². The molecule has 39 heavy (non-hydrogen) atoms. The summed E-state index contributed by atoms with van der Waals surface area (Å²) in [6.07, 6.45) is 1.87. The first-order valence-corrected chi connectivity index (χ1v) is 13.1. The van der Waals surface area contributed by atoms with Gasteiger partial charge in [-0.25, -0.2) is 0 Å². The van der Waals surface area contributed by atoms with E-state index < -0.39 is 17.4 Å². The lowest BCUT2D eigenvalue weighted by molar-refractivity contribution is -0.527. The molecule has 0 fully saturated rings. The van der Waals surface area contributed by atoms with Crippen molar-refractivity contribution < 1.29 is 9.72 Å². The van der Waals surface area contributed by atoms with Gasteiger partial charge in [0.2, 0.25) is 6.04 Å². The Bertz CT molecular complexity index is 1590. The van der Waals surface area contributed by atoms with Crippen LogP contribution in [0.2, 0.25) is 5.02 Å². The average Bonchev–Trinajstić information content (AvgIpc) is 3.26. The Hall–Kier alpha value is -4.55. The zero-order valence-corrected chi connectivity index (χ0v) is 21.6. The molecule has 0 saturated heterocycles. The van der Waals surface area contributed by atoms with Gasteiger partial charge in [-0.2, -0.15) is 10.1 Å². The lowest BCUT2D eigenvalue weighted by atomic mass is 9.61. The summed E-state index contributed by atoms with van der Waals surface area (Å²) in [6, 6.07) is 34.3. The van der Waals surface area contributed by atoms with Gasteiger partial charge >= 0.3 is 0 Å². The fourth-order valence-electron chi connectivity index (χ4n) is 5.74. The molecule has 4 aromatic carbocycles. The maximum Gasteiger partial charge on any atom is 0.264 e. The van der Waals surface area contributed by atoms with Gasteiger partial charge in [0.15, 0.2) is 0 Å². The highest BCUT2D eigenvalue weighted by Crippen LogP contribution is 2.54. The van der Waals surface area contributed by atoms with Crippen LogP contribution in [0.1, 0.15) is 29.0 Å². The molecule has 3 atom stereocenters. The Morgan fingerprint density at radius 2 is 1.41 bits per heavy atom. The van der Waals surface area contributed by atoms with Crippen LogP contribution in [-0.4, -0.2) is 22.6 Å². The summed E-state index contributed by atoms with van der Waals surface area (Å²) in [5.74, 6) is -0.847. The van der Waals surface area contributed by atoms with Gasteiger partial charge in [-0.1, -0.05) is 109 Å². The molecule has 1 aliphatic heterocycles. The van der Waals surface area contributed by atoms with Crippen molar-refractivity contribution in [3.05, 3.63) is 153 Å². The highest BCUT2D eigenvalue weighted by Gasteiger charge is 2.60. The van der Waals surface area contributed by atoms with E-state index in [4.69, 9.17) is 16.7 Å². The molecule has 0 bridgehead atoms. The van der Waals surface area contributed by atoms with E-state index in [1.54, 1.807) is 12.1 Å². The van der Waals surface area contributed by atoms with Crippen LogP contribution < -0.4 is 5.01 Å². The summed E-state index contributed by atoms with van der Waals surface area (Å²) >= 11 is 6.24. The fraction of sp³-hybridized carbons (Fsp3) is 0.125. The number of carbonyl (C=O) groups excluding carboxylic acids is 1. The number of para-hydroxylation sites is 1. The first kappa shape index (κ1) is 24.8. The number of amides is 1. The van der Waals surface area contributed by atoms with Crippen molar-refractivity contribution in [2.24, 2.45) is 10.5 Å². The molecule has 6 rings (SSSR count). The number of hydrazone groups is 1. The minimum absolute atomic E-state index is 0.0378. The smallest absolute Gasteiger partial charge is 0.264 e. The second-order valence-electron chi connectivity index (χ2n) is 9.75. The zero-order valence-electron chi connectivity index (χ0n) is 20.9. The number of anilines is 1. The van der Waals surface area contributed by atoms with E-state index >= 15 is 0 Å². The molecule has 0 saturated carbocycles. The van der Waals surface area contributed by atoms with Gasteiger partial charge in [0.1, 0.15) is 5.41 Å². The molecule has 7 heteroatoms. The van der Waals surface area contributed by atoms with Crippen LogP contribution in [0.15, 0.2) is 126 Å². The van der Waals surface area contributed by atoms with Crippen molar-refractivity contribution in [2.45, 2.75) is 18.4 Å². The Morgan fingerprint density at radius 3 is 2.03 bits per heavy atom. The Balaban J connectivity index is 1.64. The zero-order chi connectivity index (χ0) is 27.0. The molecule has 192 valence electrons. The van der Waals surface area contributed by atoms with Crippen LogP contribution in [0.5, 0.6) is 0 Å². The van der Waals surface area contributed by atoms with Crippen molar-refractivity contribution >= 4 is 34.5 Å². The van der Waals surface area contributed by atoms with Gasteiger partial charge in [0, 0.05) is 16.4 Å². The molecule has 0 N–H and O–H groups in total. The molecular weight excluding hydrogens is 510 g/mol. The lowest BCUT2D eigenvalue weighted by Gasteiger charge is -2.39. The van der Waals surface area contributed by atoms with Gasteiger partial charge in [0.05, 0.1) is 17.3 Å². The monoisotopic (exact) mass is 533 g/mol. The second-order valence-corrected chi connectivity index (χ2v) is 10.2. The van der Waals surface area contributed by atoms with Crippen molar-refractivity contribution in [2.75, 3.05) is 5.01 Å². The van der Waals surface area contributed by atoms with Gasteiger partial charge in [-0.15, -0.1) is 0 Å². The largest absolute Gasteiger partial charge is 0.271 e. The lowest BCUT2D eigenvalue weighted by Crippen LogP contribution is -2.49. The SMILES string of the molecule is O=C1N(c2ccccc2)N=C(c2ccccc2)[C@]12C[C@H]([N+](=O)[O-])[C@@H](c1ccccc1)C=C2c1ccc(Cl)cc1. The van der Waals surface area contributed by atoms with Crippen LogP contribution >= 0.6 is 11.6 Å². The minimum Gasteiger partial charge on any atom is -0.271 e. The number of carbonyl (C=O) groups is 1. The third-order valence-electron chi connectivity index (χ3n) is 7.56. The van der Waals surface area contributed by atoms with Crippen LogP contribution in [0.4, 0.5) is 5.69 Å². The second kappa shape index (κ2) is 9.97. The Labute approximate surface area is 231 Å². The Kier molecular flexibility index (Phi) is 6.33. The van der Waals surface area contributed by atoms with E-state index in [0.717, 1.165) is 16.7 Å². The third kappa shape index (κ3) is 4.23. The number of hydrogen-bond donors (Lipinski definition) is 0. The summed E-state index contributed by atoms with van der Waals surface area (Å²) in [5.41, 5.74) is 2.75. The first-order valence-electron chi connectivity index (χ1n) is 12.7. The van der Waals surface area contributed by atoms with E-state index in [1.807, 2.05) is 109 Å². The van der Waals surface area contributed by atoms with Gasteiger partial charge in [-0.3, -0.25) is 14.9 Å². The normalized spacial score (nSPS) is 22.5. The predicted molar refractivity (Wildman–Crippen MR) is 153 cm³/mol. The number of halogens is 1. The molecule has 0 radical (unpaired) electrons. The van der Waals surface area contributed by atoms with Crippen molar-refractivity contribution in [3.8, 4) is 0 Å². The van der Waals surface area contributed by atoms with E-state index in [-0.39, 0.29) is 17.3 Å². The maximum absolute atomic E-state index is 14.7. The predicted octanol–water partition coefficient (Wildman–Crippen LogP) is 6.99. The highest BCUT2D eigenvalue weighted by molar-refractivity contribution is 6.32. The highest BCUT2D eigenvalue weighted by atomic mass is 35.5. The Morgan fingerprint density at radius 1 is 0.821 bits per heavy atom. The maximum atomic E-state index is 14.7. The number of nitrogens with zero attached hydrogens (tertiary/aromatic N) is 3. The summed E-state index contributed by atoms with van der Waals surface area (Å²) in [4.78, 5) is 27.1. The number of hydrogen-bond acceptors (Lipinski definition) is 4. The first-order chi connectivity index (χ1) is 19.0. The van der Waals surface area contributed by atoms with E-state index in [2.05, 4.69) is 0 Å². The van der Waals surface area contributed by atoms with E-state index in [0.29, 0.717) is 22.0 Å². The molecule has 0 aromatic heterocycles. The average molecular weight is 534 g/mol.